The minimum atomic E-state index is -0.440. The van der Waals surface area contributed by atoms with E-state index >= 15 is 0 Å². The van der Waals surface area contributed by atoms with Crippen molar-refractivity contribution in [2.75, 3.05) is 6.54 Å². The number of aryl methyl sites for hydroxylation is 1. The highest BCUT2D eigenvalue weighted by molar-refractivity contribution is 6.42. The molecule has 4 aliphatic rings. The molecule has 0 radical (unpaired) electrons. The smallest absolute Gasteiger partial charge is 0.292 e. The molecule has 0 aliphatic heterocycles. The van der Waals surface area contributed by atoms with Gasteiger partial charge in [0.15, 0.2) is 0 Å². The summed E-state index contributed by atoms with van der Waals surface area (Å²) in [5.41, 5.74) is 1.85. The topological polar surface area (TPSA) is 46.2 Å². The van der Waals surface area contributed by atoms with Crippen LogP contribution < -0.4 is 5.32 Å². The Balaban J connectivity index is 1.40. The first-order chi connectivity index (χ1) is 11.0. The first-order valence-corrected chi connectivity index (χ1v) is 8.92. The van der Waals surface area contributed by atoms with E-state index in [-0.39, 0.29) is 5.41 Å². The lowest BCUT2D eigenvalue weighted by Crippen LogP contribution is -2.51. The number of carbonyl (C=O) groups excluding carboxylic acids is 2. The Morgan fingerprint density at radius 3 is 2.04 bits per heavy atom. The average molecular weight is 311 g/mol. The predicted molar refractivity (Wildman–Crippen MR) is 89.1 cm³/mol. The third-order valence-electron chi connectivity index (χ3n) is 6.31. The molecule has 4 saturated carbocycles. The molecule has 0 heterocycles. The molecule has 0 spiro atoms. The van der Waals surface area contributed by atoms with E-state index in [2.05, 4.69) is 5.32 Å². The zero-order valence-corrected chi connectivity index (χ0v) is 13.8. The number of amides is 1. The lowest BCUT2D eigenvalue weighted by Gasteiger charge is -2.56. The van der Waals surface area contributed by atoms with E-state index in [1.165, 1.54) is 38.5 Å². The van der Waals surface area contributed by atoms with Crippen LogP contribution in [0.1, 0.15) is 54.4 Å². The lowest BCUT2D eigenvalue weighted by molar-refractivity contribution is -0.119. The van der Waals surface area contributed by atoms with Crippen molar-refractivity contribution in [3.63, 3.8) is 0 Å². The van der Waals surface area contributed by atoms with Crippen molar-refractivity contribution >= 4 is 11.7 Å². The van der Waals surface area contributed by atoms with Gasteiger partial charge in [0.05, 0.1) is 0 Å². The normalized spacial score (nSPS) is 34.4. The standard InChI is InChI=1S/C20H25NO2/c1-13-2-4-17(5-3-13)18(22)19(23)21-12-20-9-14-6-15(10-20)8-16(7-14)11-20/h2-5,14-16H,6-12H2,1H3,(H,21,23). The van der Waals surface area contributed by atoms with Crippen LogP contribution in [0, 0.1) is 30.1 Å². The number of ketones is 1. The molecular weight excluding hydrogens is 286 g/mol. The fourth-order valence-corrected chi connectivity index (χ4v) is 5.69. The van der Waals surface area contributed by atoms with Gasteiger partial charge in [-0.1, -0.05) is 29.8 Å². The second-order valence-electron chi connectivity index (χ2n) is 8.30. The maximum atomic E-state index is 12.3. The maximum Gasteiger partial charge on any atom is 0.292 e. The van der Waals surface area contributed by atoms with Crippen LogP contribution in [-0.2, 0) is 4.79 Å². The molecule has 1 amide bonds. The number of carbonyl (C=O) groups is 2. The summed E-state index contributed by atoms with van der Waals surface area (Å²) >= 11 is 0. The Hall–Kier alpha value is -1.64. The molecule has 4 aliphatic carbocycles. The molecular formula is C20H25NO2. The minimum Gasteiger partial charge on any atom is -0.349 e. The Morgan fingerprint density at radius 2 is 1.52 bits per heavy atom. The van der Waals surface area contributed by atoms with Gasteiger partial charge in [0, 0.05) is 12.1 Å². The van der Waals surface area contributed by atoms with Gasteiger partial charge in [-0.05, 0) is 68.6 Å². The van der Waals surface area contributed by atoms with E-state index in [9.17, 15) is 9.59 Å². The third kappa shape index (κ3) is 2.82. The van der Waals surface area contributed by atoms with Gasteiger partial charge in [-0.2, -0.15) is 0 Å². The molecule has 1 N–H and O–H groups in total. The minimum absolute atomic E-state index is 0.276. The Kier molecular flexibility index (Phi) is 3.55. The maximum absolute atomic E-state index is 12.3. The van der Waals surface area contributed by atoms with E-state index in [1.807, 2.05) is 19.1 Å². The summed E-state index contributed by atoms with van der Waals surface area (Å²) in [5, 5.41) is 2.96. The van der Waals surface area contributed by atoms with Crippen molar-refractivity contribution in [3.8, 4) is 0 Å². The number of nitrogens with one attached hydrogen (secondary N) is 1. The van der Waals surface area contributed by atoms with E-state index in [0.29, 0.717) is 12.1 Å². The highest BCUT2D eigenvalue weighted by Crippen LogP contribution is 2.59. The van der Waals surface area contributed by atoms with Crippen LogP contribution in [0.25, 0.3) is 0 Å². The summed E-state index contributed by atoms with van der Waals surface area (Å²) < 4.78 is 0. The summed E-state index contributed by atoms with van der Waals surface area (Å²) in [6.45, 7) is 2.66. The Labute approximate surface area is 137 Å². The van der Waals surface area contributed by atoms with Crippen molar-refractivity contribution in [1.29, 1.82) is 0 Å². The first-order valence-electron chi connectivity index (χ1n) is 8.92. The average Bonchev–Trinajstić information content (AvgIpc) is 2.51. The van der Waals surface area contributed by atoms with Gasteiger partial charge in [-0.3, -0.25) is 9.59 Å². The van der Waals surface area contributed by atoms with Gasteiger partial charge < -0.3 is 5.32 Å². The van der Waals surface area contributed by atoms with Gasteiger partial charge >= 0.3 is 0 Å². The summed E-state index contributed by atoms with van der Waals surface area (Å²) in [6.07, 6.45) is 7.94. The SMILES string of the molecule is Cc1ccc(C(=O)C(=O)NCC23CC4CC(CC(C4)C2)C3)cc1. The molecule has 3 heteroatoms. The van der Waals surface area contributed by atoms with E-state index in [4.69, 9.17) is 0 Å². The number of hydrogen-bond acceptors (Lipinski definition) is 2. The van der Waals surface area contributed by atoms with Crippen molar-refractivity contribution < 1.29 is 9.59 Å². The largest absolute Gasteiger partial charge is 0.349 e. The van der Waals surface area contributed by atoms with Crippen LogP contribution in [0.3, 0.4) is 0 Å². The quantitative estimate of drug-likeness (QED) is 0.683. The first kappa shape index (κ1) is 14.9. The molecule has 0 saturated heterocycles. The fourth-order valence-electron chi connectivity index (χ4n) is 5.69. The lowest BCUT2D eigenvalue weighted by atomic mass is 9.49. The number of hydrogen-bond donors (Lipinski definition) is 1. The monoisotopic (exact) mass is 311 g/mol. The zero-order valence-electron chi connectivity index (χ0n) is 13.8. The summed E-state index contributed by atoms with van der Waals surface area (Å²) in [5.74, 6) is 1.75. The predicted octanol–water partition coefficient (Wildman–Crippen LogP) is 3.51. The summed E-state index contributed by atoms with van der Waals surface area (Å²) in [6, 6.07) is 7.23. The molecule has 0 aromatic heterocycles. The molecule has 1 aromatic rings. The molecule has 4 bridgehead atoms. The Morgan fingerprint density at radius 1 is 1.00 bits per heavy atom. The molecule has 0 atom stereocenters. The second-order valence-corrected chi connectivity index (χ2v) is 8.30. The third-order valence-corrected chi connectivity index (χ3v) is 6.31. The second kappa shape index (κ2) is 5.47. The number of benzene rings is 1. The van der Waals surface area contributed by atoms with Crippen molar-refractivity contribution in [3.05, 3.63) is 35.4 Å². The molecule has 4 fully saturated rings. The molecule has 0 unspecified atom stereocenters. The van der Waals surface area contributed by atoms with Crippen molar-refractivity contribution in [2.24, 2.45) is 23.2 Å². The van der Waals surface area contributed by atoms with Crippen molar-refractivity contribution in [1.82, 2.24) is 5.32 Å². The van der Waals surface area contributed by atoms with Crippen LogP contribution in [0.2, 0.25) is 0 Å². The molecule has 1 aromatic carbocycles. The van der Waals surface area contributed by atoms with Crippen LogP contribution in [0.15, 0.2) is 24.3 Å². The van der Waals surface area contributed by atoms with Gasteiger partial charge in [-0.25, -0.2) is 0 Å². The number of rotatable bonds is 4. The van der Waals surface area contributed by atoms with E-state index in [0.717, 1.165) is 23.3 Å². The summed E-state index contributed by atoms with van der Waals surface area (Å²) in [4.78, 5) is 24.5. The highest BCUT2D eigenvalue weighted by Gasteiger charge is 2.50. The zero-order chi connectivity index (χ0) is 16.0. The molecule has 5 rings (SSSR count). The molecule has 3 nitrogen and oxygen atoms in total. The highest BCUT2D eigenvalue weighted by atomic mass is 16.2. The molecule has 23 heavy (non-hydrogen) atoms. The van der Waals surface area contributed by atoms with Gasteiger partial charge in [0.25, 0.3) is 5.91 Å². The van der Waals surface area contributed by atoms with E-state index in [1.54, 1.807) is 12.1 Å². The van der Waals surface area contributed by atoms with Gasteiger partial charge in [0.2, 0.25) is 5.78 Å². The molecule has 122 valence electrons. The van der Waals surface area contributed by atoms with Crippen LogP contribution in [0.4, 0.5) is 0 Å². The van der Waals surface area contributed by atoms with Crippen LogP contribution in [0.5, 0.6) is 0 Å². The van der Waals surface area contributed by atoms with Gasteiger partial charge in [-0.15, -0.1) is 0 Å². The van der Waals surface area contributed by atoms with Crippen molar-refractivity contribution in [2.45, 2.75) is 45.4 Å². The Bertz CT molecular complexity index is 596. The van der Waals surface area contributed by atoms with E-state index < -0.39 is 11.7 Å². The van der Waals surface area contributed by atoms with Gasteiger partial charge in [0.1, 0.15) is 0 Å². The van der Waals surface area contributed by atoms with Crippen LogP contribution >= 0.6 is 0 Å². The number of Topliss-reactive ketones (excluding diaryl/α,β-unsaturated/α-hetero) is 1. The van der Waals surface area contributed by atoms with Crippen LogP contribution in [-0.4, -0.2) is 18.2 Å². The summed E-state index contributed by atoms with van der Waals surface area (Å²) in [7, 11) is 0. The fraction of sp³-hybridized carbons (Fsp3) is 0.600.